The zero-order valence-electron chi connectivity index (χ0n) is 11.4. The molecule has 4 heteroatoms. The van der Waals surface area contributed by atoms with Gasteiger partial charge in [-0.05, 0) is 32.6 Å². The molecule has 2 saturated carbocycles. The van der Waals surface area contributed by atoms with Gasteiger partial charge in [0.15, 0.2) is 0 Å². The molecule has 0 heterocycles. The molecule has 0 aromatic rings. The molecule has 2 rings (SSSR count). The second kappa shape index (κ2) is 6.02. The standard InChI is InChI=1S/C14H26N2O2/c1-11(13(17)16-12-6-2-3-7-12)15-10-14(18)8-4-5-9-14/h11-12,15,18H,2-10H2,1H3,(H,16,17). The van der Waals surface area contributed by atoms with Crippen molar-refractivity contribution < 1.29 is 9.90 Å². The van der Waals surface area contributed by atoms with Crippen molar-refractivity contribution in [1.82, 2.24) is 10.6 Å². The van der Waals surface area contributed by atoms with Gasteiger partial charge < -0.3 is 15.7 Å². The fourth-order valence-corrected chi connectivity index (χ4v) is 3.04. The third kappa shape index (κ3) is 3.69. The van der Waals surface area contributed by atoms with E-state index in [1.165, 1.54) is 12.8 Å². The van der Waals surface area contributed by atoms with Gasteiger partial charge >= 0.3 is 0 Å². The first-order valence-electron chi connectivity index (χ1n) is 7.35. The van der Waals surface area contributed by atoms with Gasteiger partial charge in [0.05, 0.1) is 11.6 Å². The zero-order valence-corrected chi connectivity index (χ0v) is 11.4. The minimum atomic E-state index is -0.581. The number of nitrogens with one attached hydrogen (secondary N) is 2. The maximum atomic E-state index is 12.0. The minimum absolute atomic E-state index is 0.0727. The van der Waals surface area contributed by atoms with Crippen molar-refractivity contribution in [3.8, 4) is 0 Å². The summed E-state index contributed by atoms with van der Waals surface area (Å²) in [6.07, 6.45) is 8.60. The molecule has 2 aliphatic rings. The SMILES string of the molecule is CC(NCC1(O)CCCC1)C(=O)NC1CCCC1. The van der Waals surface area contributed by atoms with Crippen LogP contribution in [0.5, 0.6) is 0 Å². The molecule has 0 aliphatic heterocycles. The van der Waals surface area contributed by atoms with Gasteiger partial charge in [-0.3, -0.25) is 4.79 Å². The molecule has 4 nitrogen and oxygen atoms in total. The van der Waals surface area contributed by atoms with E-state index < -0.39 is 5.60 Å². The van der Waals surface area contributed by atoms with Crippen molar-refractivity contribution >= 4 is 5.91 Å². The molecule has 18 heavy (non-hydrogen) atoms. The van der Waals surface area contributed by atoms with E-state index in [1.54, 1.807) is 0 Å². The molecule has 104 valence electrons. The predicted molar refractivity (Wildman–Crippen MR) is 71.3 cm³/mol. The van der Waals surface area contributed by atoms with Crippen LogP contribution in [0.4, 0.5) is 0 Å². The number of hydrogen-bond donors (Lipinski definition) is 3. The van der Waals surface area contributed by atoms with E-state index in [0.717, 1.165) is 38.5 Å². The van der Waals surface area contributed by atoms with Crippen molar-refractivity contribution in [2.24, 2.45) is 0 Å². The van der Waals surface area contributed by atoms with Crippen molar-refractivity contribution in [3.05, 3.63) is 0 Å². The number of rotatable bonds is 5. The Bertz CT molecular complexity index is 282. The van der Waals surface area contributed by atoms with Crippen molar-refractivity contribution in [1.29, 1.82) is 0 Å². The molecule has 0 aromatic carbocycles. The quantitative estimate of drug-likeness (QED) is 0.693. The second-order valence-electron chi connectivity index (χ2n) is 6.02. The summed E-state index contributed by atoms with van der Waals surface area (Å²) in [6, 6.07) is 0.159. The molecule has 1 amide bonds. The number of hydrogen-bond acceptors (Lipinski definition) is 3. The molecular formula is C14H26N2O2. The van der Waals surface area contributed by atoms with E-state index in [0.29, 0.717) is 12.6 Å². The Hall–Kier alpha value is -0.610. The van der Waals surface area contributed by atoms with Crippen LogP contribution in [0.25, 0.3) is 0 Å². The Balaban J connectivity index is 1.69. The predicted octanol–water partition coefficient (Wildman–Crippen LogP) is 1.33. The summed E-state index contributed by atoms with van der Waals surface area (Å²) in [7, 11) is 0. The lowest BCUT2D eigenvalue weighted by Crippen LogP contribution is -2.49. The number of carbonyl (C=O) groups excluding carboxylic acids is 1. The summed E-state index contributed by atoms with van der Waals surface area (Å²) in [5, 5.41) is 16.5. The maximum absolute atomic E-state index is 12.0. The van der Waals surface area contributed by atoms with Crippen LogP contribution in [0, 0.1) is 0 Å². The van der Waals surface area contributed by atoms with Crippen molar-refractivity contribution in [2.45, 2.75) is 76.0 Å². The minimum Gasteiger partial charge on any atom is -0.389 e. The van der Waals surface area contributed by atoms with Crippen LogP contribution in [0.1, 0.15) is 58.3 Å². The highest BCUT2D eigenvalue weighted by molar-refractivity contribution is 5.81. The van der Waals surface area contributed by atoms with Crippen LogP contribution in [0.2, 0.25) is 0 Å². The van der Waals surface area contributed by atoms with Crippen molar-refractivity contribution in [3.63, 3.8) is 0 Å². The third-order valence-electron chi connectivity index (χ3n) is 4.37. The lowest BCUT2D eigenvalue weighted by atomic mass is 10.0. The summed E-state index contributed by atoms with van der Waals surface area (Å²) < 4.78 is 0. The Kier molecular flexibility index (Phi) is 4.62. The fraction of sp³-hybridized carbons (Fsp3) is 0.929. The van der Waals surface area contributed by atoms with Crippen LogP contribution in [-0.2, 0) is 4.79 Å². The van der Waals surface area contributed by atoms with Gasteiger partial charge in [-0.2, -0.15) is 0 Å². The Morgan fingerprint density at radius 1 is 1.28 bits per heavy atom. The van der Waals surface area contributed by atoms with Crippen LogP contribution >= 0.6 is 0 Å². The number of amides is 1. The Labute approximate surface area is 110 Å². The van der Waals surface area contributed by atoms with E-state index in [4.69, 9.17) is 0 Å². The molecule has 1 atom stereocenters. The zero-order chi connectivity index (χ0) is 13.0. The summed E-state index contributed by atoms with van der Waals surface area (Å²) in [5.41, 5.74) is -0.581. The first kappa shape index (κ1) is 13.8. The van der Waals surface area contributed by atoms with E-state index in [1.807, 2.05) is 6.92 Å². The smallest absolute Gasteiger partial charge is 0.237 e. The summed E-state index contributed by atoms with van der Waals surface area (Å²) in [5.74, 6) is 0.0727. The normalized spacial score (nSPS) is 25.2. The van der Waals surface area contributed by atoms with Gasteiger partial charge in [0.1, 0.15) is 0 Å². The van der Waals surface area contributed by atoms with E-state index in [9.17, 15) is 9.90 Å². The van der Waals surface area contributed by atoms with Gasteiger partial charge in [0.2, 0.25) is 5.91 Å². The maximum Gasteiger partial charge on any atom is 0.237 e. The fourth-order valence-electron chi connectivity index (χ4n) is 3.04. The molecule has 0 aromatic heterocycles. The van der Waals surface area contributed by atoms with Crippen LogP contribution in [0.15, 0.2) is 0 Å². The van der Waals surface area contributed by atoms with E-state index in [-0.39, 0.29) is 11.9 Å². The molecular weight excluding hydrogens is 228 g/mol. The first-order valence-corrected chi connectivity index (χ1v) is 7.35. The lowest BCUT2D eigenvalue weighted by molar-refractivity contribution is -0.123. The van der Waals surface area contributed by atoms with Crippen LogP contribution in [-0.4, -0.2) is 35.2 Å². The average Bonchev–Trinajstić information content (AvgIpc) is 2.98. The molecule has 0 saturated heterocycles. The van der Waals surface area contributed by atoms with Gasteiger partial charge in [-0.25, -0.2) is 0 Å². The third-order valence-corrected chi connectivity index (χ3v) is 4.37. The number of carbonyl (C=O) groups is 1. The second-order valence-corrected chi connectivity index (χ2v) is 6.02. The average molecular weight is 254 g/mol. The Morgan fingerprint density at radius 3 is 2.50 bits per heavy atom. The molecule has 2 fully saturated rings. The highest BCUT2D eigenvalue weighted by atomic mass is 16.3. The van der Waals surface area contributed by atoms with Gasteiger partial charge in [0, 0.05) is 12.6 Å². The molecule has 0 radical (unpaired) electrons. The summed E-state index contributed by atoms with van der Waals surface area (Å²) in [6.45, 7) is 2.41. The van der Waals surface area contributed by atoms with Gasteiger partial charge in [-0.15, -0.1) is 0 Å². The molecule has 2 aliphatic carbocycles. The van der Waals surface area contributed by atoms with Crippen molar-refractivity contribution in [2.75, 3.05) is 6.54 Å². The number of aliphatic hydroxyl groups is 1. The first-order chi connectivity index (χ1) is 8.59. The monoisotopic (exact) mass is 254 g/mol. The summed E-state index contributed by atoms with van der Waals surface area (Å²) in [4.78, 5) is 12.0. The highest BCUT2D eigenvalue weighted by Gasteiger charge is 2.31. The van der Waals surface area contributed by atoms with E-state index in [2.05, 4.69) is 10.6 Å². The van der Waals surface area contributed by atoms with Crippen LogP contribution < -0.4 is 10.6 Å². The highest BCUT2D eigenvalue weighted by Crippen LogP contribution is 2.28. The van der Waals surface area contributed by atoms with E-state index >= 15 is 0 Å². The summed E-state index contributed by atoms with van der Waals surface area (Å²) >= 11 is 0. The lowest BCUT2D eigenvalue weighted by Gasteiger charge is -2.25. The van der Waals surface area contributed by atoms with Gasteiger partial charge in [-0.1, -0.05) is 25.7 Å². The molecule has 1 unspecified atom stereocenters. The van der Waals surface area contributed by atoms with Gasteiger partial charge in [0.25, 0.3) is 0 Å². The topological polar surface area (TPSA) is 61.4 Å². The molecule has 0 bridgehead atoms. The largest absolute Gasteiger partial charge is 0.389 e. The molecule has 3 N–H and O–H groups in total. The molecule has 0 spiro atoms. The van der Waals surface area contributed by atoms with Crippen LogP contribution in [0.3, 0.4) is 0 Å². The Morgan fingerprint density at radius 2 is 1.89 bits per heavy atom.